The smallest absolute Gasteiger partial charge is 0.320 e. The summed E-state index contributed by atoms with van der Waals surface area (Å²) >= 11 is 0. The minimum Gasteiger partial charge on any atom is -0.465 e. The van der Waals surface area contributed by atoms with Gasteiger partial charge in [-0.25, -0.2) is 17.5 Å². The molecule has 3 aromatic carbocycles. The molecule has 0 radical (unpaired) electrons. The van der Waals surface area contributed by atoms with Crippen LogP contribution in [0.4, 0.5) is 4.39 Å². The molecule has 1 aliphatic rings. The third kappa shape index (κ3) is 9.19. The molecule has 1 amide bonds. The molecule has 0 heterocycles. The summed E-state index contributed by atoms with van der Waals surface area (Å²) in [6.07, 6.45) is 2.30. The van der Waals surface area contributed by atoms with E-state index in [1.165, 1.54) is 12.1 Å². The Bertz CT molecular complexity index is 1490. The molecule has 230 valence electrons. The largest absolute Gasteiger partial charge is 0.465 e. The molecule has 43 heavy (non-hydrogen) atoms. The van der Waals surface area contributed by atoms with Crippen molar-refractivity contribution in [2.45, 2.75) is 63.1 Å². The molecule has 0 aliphatic heterocycles. The van der Waals surface area contributed by atoms with Crippen LogP contribution in [0.3, 0.4) is 0 Å². The molecule has 0 aromatic heterocycles. The zero-order chi connectivity index (χ0) is 31.0. The molecule has 8 nitrogen and oxygen atoms in total. The van der Waals surface area contributed by atoms with Gasteiger partial charge in [0.15, 0.2) is 0 Å². The molecular weight excluding hydrogens is 569 g/mol. The molecule has 0 unspecified atom stereocenters. The lowest BCUT2D eigenvalue weighted by Gasteiger charge is -2.29. The number of amides is 1. The van der Waals surface area contributed by atoms with E-state index < -0.39 is 10.0 Å². The highest BCUT2D eigenvalue weighted by Crippen LogP contribution is 2.28. The number of benzene rings is 3. The minimum absolute atomic E-state index is 0.0663. The molecule has 1 saturated carbocycles. The summed E-state index contributed by atoms with van der Waals surface area (Å²) in [4.78, 5) is 26.6. The molecule has 1 fully saturated rings. The molecule has 4 rings (SSSR count). The quantitative estimate of drug-likeness (QED) is 0.274. The van der Waals surface area contributed by atoms with Gasteiger partial charge in [-0.15, -0.1) is 0 Å². The standard InChI is InChI=1S/C33H40FN3O5S/c1-4-42-32(38)22-37(3)21-24-6-5-7-28(20-24)26-12-18-31(19-13-26)43(40,41)36-30-16-10-27(11-17-30)33(39)35-23(2)25-8-14-29(34)15-9-25/h5-9,12-15,18-20,23,27,30,36H,4,10-11,16-17,21-22H2,1-3H3,(H,35,39)/t23-,27-,30-/m1/s1. The van der Waals surface area contributed by atoms with Crippen LogP contribution in [-0.2, 0) is 30.9 Å². The van der Waals surface area contributed by atoms with Gasteiger partial charge in [-0.2, -0.15) is 0 Å². The first-order chi connectivity index (χ1) is 20.5. The first kappa shape index (κ1) is 32.3. The number of ether oxygens (including phenoxy) is 1. The summed E-state index contributed by atoms with van der Waals surface area (Å²) in [5.41, 5.74) is 3.69. The van der Waals surface area contributed by atoms with Gasteiger partial charge in [0.05, 0.1) is 24.1 Å². The van der Waals surface area contributed by atoms with Crippen molar-refractivity contribution in [3.05, 3.63) is 89.7 Å². The third-order valence-corrected chi connectivity index (χ3v) is 9.27. The second-order valence-electron chi connectivity index (χ2n) is 11.2. The van der Waals surface area contributed by atoms with Crippen molar-refractivity contribution in [1.82, 2.24) is 14.9 Å². The maximum absolute atomic E-state index is 13.2. The van der Waals surface area contributed by atoms with Gasteiger partial charge in [-0.3, -0.25) is 14.5 Å². The number of halogens is 1. The number of rotatable bonds is 12. The van der Waals surface area contributed by atoms with E-state index in [9.17, 15) is 22.4 Å². The monoisotopic (exact) mass is 609 g/mol. The van der Waals surface area contributed by atoms with Gasteiger partial charge in [-0.05, 0) is 99.2 Å². The number of carbonyl (C=O) groups excluding carboxylic acids is 2. The van der Waals surface area contributed by atoms with Crippen molar-refractivity contribution in [1.29, 1.82) is 0 Å². The first-order valence-corrected chi connectivity index (χ1v) is 16.1. The van der Waals surface area contributed by atoms with Crippen molar-refractivity contribution < 1.29 is 27.1 Å². The van der Waals surface area contributed by atoms with Crippen LogP contribution >= 0.6 is 0 Å². The fourth-order valence-corrected chi connectivity index (χ4v) is 6.70. The number of nitrogens with one attached hydrogen (secondary N) is 2. The van der Waals surface area contributed by atoms with Gasteiger partial charge in [0, 0.05) is 18.5 Å². The molecule has 0 bridgehead atoms. The SMILES string of the molecule is CCOC(=O)CN(C)Cc1cccc(-c2ccc(S(=O)(=O)N[C@H]3CC[C@H](C(=O)N[C@H](C)c4ccc(F)cc4)CC3)cc2)c1. The van der Waals surface area contributed by atoms with Crippen LogP contribution in [0.25, 0.3) is 11.1 Å². The average molecular weight is 610 g/mol. The van der Waals surface area contributed by atoms with Gasteiger partial charge >= 0.3 is 5.97 Å². The van der Waals surface area contributed by atoms with Crippen molar-refractivity contribution in [2.24, 2.45) is 5.92 Å². The van der Waals surface area contributed by atoms with Crippen molar-refractivity contribution in [3.8, 4) is 11.1 Å². The summed E-state index contributed by atoms with van der Waals surface area (Å²) in [5, 5.41) is 3.00. The van der Waals surface area contributed by atoms with E-state index >= 15 is 0 Å². The Kier molecular flexibility index (Phi) is 11.1. The molecule has 1 aliphatic carbocycles. The zero-order valence-corrected chi connectivity index (χ0v) is 25.7. The highest BCUT2D eigenvalue weighted by molar-refractivity contribution is 7.89. The number of esters is 1. The normalized spacial score (nSPS) is 17.8. The average Bonchev–Trinajstić information content (AvgIpc) is 2.98. The summed E-state index contributed by atoms with van der Waals surface area (Å²) < 4.78 is 47.3. The Morgan fingerprint density at radius 1 is 0.977 bits per heavy atom. The maximum Gasteiger partial charge on any atom is 0.320 e. The van der Waals surface area contributed by atoms with E-state index in [2.05, 4.69) is 10.0 Å². The molecule has 0 spiro atoms. The Morgan fingerprint density at radius 2 is 1.65 bits per heavy atom. The van der Waals surface area contributed by atoms with Gasteiger partial charge in [0.25, 0.3) is 0 Å². The highest BCUT2D eigenvalue weighted by atomic mass is 32.2. The molecule has 2 N–H and O–H groups in total. The molecular formula is C33H40FN3O5S. The number of likely N-dealkylation sites (N-methyl/N-ethyl adjacent to an activating group) is 1. The summed E-state index contributed by atoms with van der Waals surface area (Å²) in [5.74, 6) is -0.844. The zero-order valence-electron chi connectivity index (χ0n) is 24.9. The van der Waals surface area contributed by atoms with Crippen LogP contribution in [-0.4, -0.2) is 51.4 Å². The minimum atomic E-state index is -3.73. The van der Waals surface area contributed by atoms with E-state index in [1.54, 1.807) is 43.3 Å². The summed E-state index contributed by atoms with van der Waals surface area (Å²) in [7, 11) is -1.87. The molecule has 0 saturated heterocycles. The Labute approximate surface area is 253 Å². The van der Waals surface area contributed by atoms with Crippen molar-refractivity contribution in [3.63, 3.8) is 0 Å². The summed E-state index contributed by atoms with van der Waals surface area (Å²) in [6.45, 7) is 4.76. The predicted octanol–water partition coefficient (Wildman–Crippen LogP) is 5.20. The number of hydrogen-bond donors (Lipinski definition) is 2. The number of hydrogen-bond acceptors (Lipinski definition) is 6. The molecule has 1 atom stereocenters. The maximum atomic E-state index is 13.2. The topological polar surface area (TPSA) is 105 Å². The Morgan fingerprint density at radius 3 is 2.30 bits per heavy atom. The first-order valence-electron chi connectivity index (χ1n) is 14.7. The fraction of sp³-hybridized carbons (Fsp3) is 0.394. The Hall–Kier alpha value is -3.60. The predicted molar refractivity (Wildman–Crippen MR) is 164 cm³/mol. The van der Waals surface area contributed by atoms with E-state index in [4.69, 9.17) is 4.74 Å². The van der Waals surface area contributed by atoms with Gasteiger partial charge in [0.2, 0.25) is 15.9 Å². The van der Waals surface area contributed by atoms with E-state index in [1.807, 2.05) is 43.1 Å². The van der Waals surface area contributed by atoms with Crippen molar-refractivity contribution in [2.75, 3.05) is 20.2 Å². The lowest BCUT2D eigenvalue weighted by atomic mass is 9.85. The second-order valence-corrected chi connectivity index (χ2v) is 12.9. The molecule has 10 heteroatoms. The Balaban J connectivity index is 1.29. The summed E-state index contributed by atoms with van der Waals surface area (Å²) in [6, 6.07) is 20.3. The third-order valence-electron chi connectivity index (χ3n) is 7.73. The van der Waals surface area contributed by atoms with E-state index in [0.29, 0.717) is 38.8 Å². The van der Waals surface area contributed by atoms with Crippen LogP contribution in [0.1, 0.15) is 56.7 Å². The second kappa shape index (κ2) is 14.7. The number of sulfonamides is 1. The van der Waals surface area contributed by atoms with Crippen LogP contribution in [0.5, 0.6) is 0 Å². The molecule has 3 aromatic rings. The van der Waals surface area contributed by atoms with Crippen LogP contribution in [0.2, 0.25) is 0 Å². The van der Waals surface area contributed by atoms with Crippen LogP contribution in [0.15, 0.2) is 77.7 Å². The van der Waals surface area contributed by atoms with Crippen LogP contribution < -0.4 is 10.0 Å². The fourth-order valence-electron chi connectivity index (χ4n) is 5.40. The van der Waals surface area contributed by atoms with Crippen molar-refractivity contribution >= 4 is 21.9 Å². The highest BCUT2D eigenvalue weighted by Gasteiger charge is 2.30. The number of nitrogens with zero attached hydrogens (tertiary/aromatic N) is 1. The van der Waals surface area contributed by atoms with E-state index in [0.717, 1.165) is 22.3 Å². The lowest BCUT2D eigenvalue weighted by Crippen LogP contribution is -2.41. The van der Waals surface area contributed by atoms with Gasteiger partial charge in [0.1, 0.15) is 5.82 Å². The lowest BCUT2D eigenvalue weighted by molar-refractivity contribution is -0.144. The number of carbonyl (C=O) groups is 2. The van der Waals surface area contributed by atoms with Crippen LogP contribution in [0, 0.1) is 11.7 Å². The van der Waals surface area contributed by atoms with E-state index in [-0.39, 0.29) is 47.1 Å². The van der Waals surface area contributed by atoms with Gasteiger partial charge < -0.3 is 10.1 Å². The van der Waals surface area contributed by atoms with Gasteiger partial charge in [-0.1, -0.05) is 42.5 Å².